The minimum absolute atomic E-state index is 0.110. The van der Waals surface area contributed by atoms with E-state index in [0.29, 0.717) is 5.69 Å². The van der Waals surface area contributed by atoms with Crippen LogP contribution in [0.3, 0.4) is 0 Å². The molecule has 0 radical (unpaired) electrons. The fourth-order valence-corrected chi connectivity index (χ4v) is 1.49. The summed E-state index contributed by atoms with van der Waals surface area (Å²) in [6, 6.07) is 1.60. The van der Waals surface area contributed by atoms with Crippen molar-refractivity contribution in [2.75, 3.05) is 6.54 Å². The standard InChI is InChI=1S/C12H21N3O4/c1-12(2,3)19-11(18)13-7-9(16)10(17)8-5-6-14-15(8)4/h5-6,9-10,16-17H,7H2,1-4H3,(H,13,18). The van der Waals surface area contributed by atoms with Crippen LogP contribution in [0.15, 0.2) is 12.3 Å². The summed E-state index contributed by atoms with van der Waals surface area (Å²) in [6.45, 7) is 5.12. The zero-order valence-corrected chi connectivity index (χ0v) is 11.6. The third-order valence-corrected chi connectivity index (χ3v) is 2.38. The first-order valence-corrected chi connectivity index (χ1v) is 6.01. The summed E-state index contributed by atoms with van der Waals surface area (Å²) >= 11 is 0. The zero-order chi connectivity index (χ0) is 14.6. The van der Waals surface area contributed by atoms with Gasteiger partial charge in [0.2, 0.25) is 0 Å². The highest BCUT2D eigenvalue weighted by Gasteiger charge is 2.23. The molecule has 0 bridgehead atoms. The van der Waals surface area contributed by atoms with E-state index in [1.807, 2.05) is 0 Å². The van der Waals surface area contributed by atoms with Crippen LogP contribution in [-0.4, -0.2) is 44.3 Å². The van der Waals surface area contributed by atoms with Crippen LogP contribution in [-0.2, 0) is 11.8 Å². The molecular weight excluding hydrogens is 250 g/mol. The summed E-state index contributed by atoms with van der Waals surface area (Å²) in [5.41, 5.74) is -0.131. The molecule has 0 aromatic carbocycles. The first kappa shape index (κ1) is 15.5. The van der Waals surface area contributed by atoms with Crippen LogP contribution in [0.5, 0.6) is 0 Å². The predicted molar refractivity (Wildman–Crippen MR) is 68.4 cm³/mol. The third-order valence-electron chi connectivity index (χ3n) is 2.38. The summed E-state index contributed by atoms with van der Waals surface area (Å²) in [5.74, 6) is 0. The van der Waals surface area contributed by atoms with Gasteiger partial charge in [-0.3, -0.25) is 4.68 Å². The van der Waals surface area contributed by atoms with Crippen molar-refractivity contribution >= 4 is 6.09 Å². The van der Waals surface area contributed by atoms with Crippen molar-refractivity contribution in [3.8, 4) is 0 Å². The normalized spacial score (nSPS) is 14.8. The monoisotopic (exact) mass is 271 g/mol. The summed E-state index contributed by atoms with van der Waals surface area (Å²) in [4.78, 5) is 11.4. The van der Waals surface area contributed by atoms with Gasteiger partial charge in [0.25, 0.3) is 0 Å². The number of aromatic nitrogens is 2. The Bertz CT molecular complexity index is 425. The van der Waals surface area contributed by atoms with E-state index in [2.05, 4.69) is 10.4 Å². The lowest BCUT2D eigenvalue weighted by molar-refractivity contribution is 0.00908. The maximum Gasteiger partial charge on any atom is 0.407 e. The van der Waals surface area contributed by atoms with Gasteiger partial charge in [-0.05, 0) is 26.8 Å². The van der Waals surface area contributed by atoms with Crippen molar-refractivity contribution in [1.82, 2.24) is 15.1 Å². The molecule has 7 heteroatoms. The van der Waals surface area contributed by atoms with E-state index in [1.54, 1.807) is 33.9 Å². The average Bonchev–Trinajstić information content (AvgIpc) is 2.69. The van der Waals surface area contributed by atoms with Crippen LogP contribution in [0, 0.1) is 0 Å². The minimum atomic E-state index is -1.14. The second-order valence-corrected chi connectivity index (χ2v) is 5.27. The third kappa shape index (κ3) is 4.88. The Morgan fingerprint density at radius 1 is 1.53 bits per heavy atom. The van der Waals surface area contributed by atoms with Crippen molar-refractivity contribution < 1.29 is 19.7 Å². The molecule has 0 aliphatic rings. The highest BCUT2D eigenvalue weighted by Crippen LogP contribution is 2.15. The van der Waals surface area contributed by atoms with Crippen LogP contribution in [0.1, 0.15) is 32.6 Å². The Hall–Kier alpha value is -1.60. The fraction of sp³-hybridized carbons (Fsp3) is 0.667. The Balaban J connectivity index is 2.45. The van der Waals surface area contributed by atoms with Gasteiger partial charge in [0.1, 0.15) is 17.8 Å². The molecule has 19 heavy (non-hydrogen) atoms. The number of hydrogen-bond donors (Lipinski definition) is 3. The smallest absolute Gasteiger partial charge is 0.407 e. The molecule has 1 rings (SSSR count). The summed E-state index contributed by atoms with van der Waals surface area (Å²) < 4.78 is 6.48. The van der Waals surface area contributed by atoms with Crippen molar-refractivity contribution in [1.29, 1.82) is 0 Å². The van der Waals surface area contributed by atoms with Crippen molar-refractivity contribution in [2.45, 2.75) is 38.6 Å². The SMILES string of the molecule is Cn1nccc1C(O)C(O)CNC(=O)OC(C)(C)C. The molecule has 1 amide bonds. The average molecular weight is 271 g/mol. The summed E-state index contributed by atoms with van der Waals surface area (Å²) in [6.07, 6.45) is -1.37. The Labute approximate surface area is 112 Å². The van der Waals surface area contributed by atoms with Gasteiger partial charge in [-0.1, -0.05) is 0 Å². The van der Waals surface area contributed by atoms with E-state index >= 15 is 0 Å². The largest absolute Gasteiger partial charge is 0.444 e. The molecule has 108 valence electrons. The minimum Gasteiger partial charge on any atom is -0.444 e. The molecule has 0 saturated carbocycles. The molecule has 0 saturated heterocycles. The molecule has 1 heterocycles. The van der Waals surface area contributed by atoms with Gasteiger partial charge in [0.15, 0.2) is 0 Å². The zero-order valence-electron chi connectivity index (χ0n) is 11.6. The Kier molecular flexibility index (Phi) is 4.90. The molecule has 0 fully saturated rings. The number of nitrogens with zero attached hydrogens (tertiary/aromatic N) is 2. The number of aryl methyl sites for hydroxylation is 1. The van der Waals surface area contributed by atoms with E-state index in [1.165, 1.54) is 10.9 Å². The number of carbonyl (C=O) groups excluding carboxylic acids is 1. The number of carbonyl (C=O) groups is 1. The topological polar surface area (TPSA) is 96.6 Å². The number of amides is 1. The second-order valence-electron chi connectivity index (χ2n) is 5.27. The molecule has 1 aromatic rings. The van der Waals surface area contributed by atoms with E-state index in [0.717, 1.165) is 0 Å². The Morgan fingerprint density at radius 3 is 2.63 bits per heavy atom. The van der Waals surface area contributed by atoms with Gasteiger partial charge < -0.3 is 20.3 Å². The summed E-state index contributed by atoms with van der Waals surface area (Å²) in [7, 11) is 1.66. The van der Waals surface area contributed by atoms with E-state index in [-0.39, 0.29) is 6.54 Å². The molecule has 2 unspecified atom stereocenters. The first-order chi connectivity index (χ1) is 8.70. The van der Waals surface area contributed by atoms with Crippen molar-refractivity contribution in [3.05, 3.63) is 18.0 Å². The van der Waals surface area contributed by atoms with Crippen LogP contribution in [0.25, 0.3) is 0 Å². The number of aliphatic hydroxyl groups excluding tert-OH is 2. The van der Waals surface area contributed by atoms with Crippen molar-refractivity contribution in [2.24, 2.45) is 7.05 Å². The predicted octanol–water partition coefficient (Wildman–Crippen LogP) is 0.339. The molecule has 1 aromatic heterocycles. The lowest BCUT2D eigenvalue weighted by Crippen LogP contribution is -2.39. The fourth-order valence-electron chi connectivity index (χ4n) is 1.49. The number of rotatable bonds is 4. The van der Waals surface area contributed by atoms with Crippen LogP contribution < -0.4 is 5.32 Å². The molecule has 0 aliphatic heterocycles. The van der Waals surface area contributed by atoms with Gasteiger partial charge in [-0.25, -0.2) is 4.79 Å². The molecule has 3 N–H and O–H groups in total. The van der Waals surface area contributed by atoms with Gasteiger partial charge in [0, 0.05) is 19.8 Å². The van der Waals surface area contributed by atoms with Crippen LogP contribution in [0.2, 0.25) is 0 Å². The number of aliphatic hydroxyl groups is 2. The highest BCUT2D eigenvalue weighted by atomic mass is 16.6. The van der Waals surface area contributed by atoms with Gasteiger partial charge in [-0.15, -0.1) is 0 Å². The van der Waals surface area contributed by atoms with Crippen molar-refractivity contribution in [3.63, 3.8) is 0 Å². The number of ether oxygens (including phenoxy) is 1. The maximum atomic E-state index is 11.4. The van der Waals surface area contributed by atoms with Gasteiger partial charge in [0.05, 0.1) is 5.69 Å². The van der Waals surface area contributed by atoms with Crippen LogP contribution in [0.4, 0.5) is 4.79 Å². The molecule has 2 atom stereocenters. The van der Waals surface area contributed by atoms with E-state index < -0.39 is 23.9 Å². The number of alkyl carbamates (subject to hydrolysis) is 1. The Morgan fingerprint density at radius 2 is 2.16 bits per heavy atom. The number of hydrogen-bond acceptors (Lipinski definition) is 5. The van der Waals surface area contributed by atoms with Gasteiger partial charge in [-0.2, -0.15) is 5.10 Å². The maximum absolute atomic E-state index is 11.4. The van der Waals surface area contributed by atoms with E-state index in [9.17, 15) is 15.0 Å². The van der Waals surface area contributed by atoms with E-state index in [4.69, 9.17) is 4.74 Å². The second kappa shape index (κ2) is 6.03. The lowest BCUT2D eigenvalue weighted by Gasteiger charge is -2.22. The molecule has 0 spiro atoms. The molecule has 0 aliphatic carbocycles. The summed E-state index contributed by atoms with van der Waals surface area (Å²) in [5, 5.41) is 26.0. The molecule has 7 nitrogen and oxygen atoms in total. The van der Waals surface area contributed by atoms with Gasteiger partial charge >= 0.3 is 6.09 Å². The molecular formula is C12H21N3O4. The van der Waals surface area contributed by atoms with Crippen LogP contribution >= 0.6 is 0 Å². The lowest BCUT2D eigenvalue weighted by atomic mass is 10.1. The first-order valence-electron chi connectivity index (χ1n) is 6.01. The quantitative estimate of drug-likeness (QED) is 0.733. The number of nitrogens with one attached hydrogen (secondary N) is 1. The highest BCUT2D eigenvalue weighted by molar-refractivity contribution is 5.67.